The Bertz CT molecular complexity index is 370. The molecule has 1 rings (SSSR count). The first-order valence-electron chi connectivity index (χ1n) is 5.77. The summed E-state index contributed by atoms with van der Waals surface area (Å²) in [7, 11) is 1.92. The molecule has 0 spiro atoms. The first kappa shape index (κ1) is 14.8. The molecular weight excluding hydrogens is 254 g/mol. The van der Waals surface area contributed by atoms with Crippen molar-refractivity contribution in [3.63, 3.8) is 0 Å². The van der Waals surface area contributed by atoms with Gasteiger partial charge in [0.25, 0.3) is 0 Å². The Balaban J connectivity index is 2.82. The summed E-state index contributed by atoms with van der Waals surface area (Å²) in [5.74, 6) is 0. The third kappa shape index (κ3) is 4.18. The molecule has 2 N–H and O–H groups in total. The summed E-state index contributed by atoms with van der Waals surface area (Å²) < 4.78 is 0. The van der Waals surface area contributed by atoms with E-state index in [-0.39, 0.29) is 17.4 Å². The fourth-order valence-corrected chi connectivity index (χ4v) is 2.77. The van der Waals surface area contributed by atoms with Crippen LogP contribution in [0.5, 0.6) is 0 Å². The molecule has 0 bridgehead atoms. The topological polar surface area (TPSA) is 32.3 Å². The molecule has 0 aliphatic rings. The number of rotatable bonds is 5. The van der Waals surface area contributed by atoms with E-state index in [1.165, 1.54) is 0 Å². The van der Waals surface area contributed by atoms with E-state index in [4.69, 9.17) is 11.6 Å². The molecule has 2 nitrogen and oxygen atoms in total. The molecular formula is C13H20ClNOS. The summed E-state index contributed by atoms with van der Waals surface area (Å²) in [5.41, 5.74) is 1.10. The molecule has 0 aliphatic carbocycles. The number of aliphatic hydroxyl groups excluding tert-OH is 1. The number of hydrogen-bond acceptors (Lipinski definition) is 3. The van der Waals surface area contributed by atoms with Crippen LogP contribution in [0.3, 0.4) is 0 Å². The quantitative estimate of drug-likeness (QED) is 0.806. The van der Waals surface area contributed by atoms with E-state index in [1.807, 2.05) is 26.1 Å². The van der Waals surface area contributed by atoms with Crippen LogP contribution in [0.25, 0.3) is 0 Å². The molecule has 4 heteroatoms. The zero-order valence-corrected chi connectivity index (χ0v) is 12.3. The van der Waals surface area contributed by atoms with Crippen LogP contribution < -0.4 is 5.32 Å². The second-order valence-electron chi connectivity index (χ2n) is 4.26. The first-order chi connectivity index (χ1) is 7.95. The van der Waals surface area contributed by atoms with Crippen molar-refractivity contribution in [2.75, 3.05) is 7.05 Å². The van der Waals surface area contributed by atoms with Crippen LogP contribution in [0.4, 0.5) is 0 Å². The average molecular weight is 274 g/mol. The van der Waals surface area contributed by atoms with Crippen molar-refractivity contribution in [3.8, 4) is 0 Å². The number of benzene rings is 1. The SMILES string of the molecule is CNC(C)c1ccc(SC(C)C(C)O)cc1Cl. The van der Waals surface area contributed by atoms with Gasteiger partial charge in [-0.25, -0.2) is 0 Å². The number of thioether (sulfide) groups is 1. The normalized spacial score (nSPS) is 16.6. The molecule has 96 valence electrons. The van der Waals surface area contributed by atoms with Crippen LogP contribution in [0.2, 0.25) is 5.02 Å². The van der Waals surface area contributed by atoms with Crippen molar-refractivity contribution in [1.82, 2.24) is 5.32 Å². The minimum absolute atomic E-state index is 0.165. The highest BCUT2D eigenvalue weighted by molar-refractivity contribution is 8.00. The lowest BCUT2D eigenvalue weighted by atomic mass is 10.1. The summed E-state index contributed by atoms with van der Waals surface area (Å²) >= 11 is 7.89. The van der Waals surface area contributed by atoms with Crippen molar-refractivity contribution in [3.05, 3.63) is 28.8 Å². The van der Waals surface area contributed by atoms with Gasteiger partial charge < -0.3 is 10.4 Å². The average Bonchev–Trinajstić information content (AvgIpc) is 2.28. The highest BCUT2D eigenvalue weighted by atomic mass is 35.5. The van der Waals surface area contributed by atoms with Crippen molar-refractivity contribution < 1.29 is 5.11 Å². The summed E-state index contributed by atoms with van der Waals surface area (Å²) in [6.45, 7) is 5.89. The fraction of sp³-hybridized carbons (Fsp3) is 0.538. The molecule has 0 aliphatic heterocycles. The Morgan fingerprint density at radius 2 is 1.94 bits per heavy atom. The van der Waals surface area contributed by atoms with Gasteiger partial charge in [-0.15, -0.1) is 11.8 Å². The van der Waals surface area contributed by atoms with Gasteiger partial charge in [-0.2, -0.15) is 0 Å². The van der Waals surface area contributed by atoms with Gasteiger partial charge in [0, 0.05) is 21.2 Å². The lowest BCUT2D eigenvalue weighted by molar-refractivity contribution is 0.196. The predicted octanol–water partition coefficient (Wildman–Crippen LogP) is 3.48. The third-order valence-electron chi connectivity index (χ3n) is 2.87. The largest absolute Gasteiger partial charge is 0.392 e. The van der Waals surface area contributed by atoms with Gasteiger partial charge in [-0.05, 0) is 38.6 Å². The zero-order chi connectivity index (χ0) is 13.0. The number of aliphatic hydroxyl groups is 1. The zero-order valence-electron chi connectivity index (χ0n) is 10.7. The Kier molecular flexibility index (Phi) is 5.80. The highest BCUT2D eigenvalue weighted by Gasteiger charge is 2.13. The summed E-state index contributed by atoms with van der Waals surface area (Å²) in [4.78, 5) is 1.09. The maximum absolute atomic E-state index is 9.47. The fourth-order valence-electron chi connectivity index (χ4n) is 1.40. The van der Waals surface area contributed by atoms with Gasteiger partial charge in [0.05, 0.1) is 6.10 Å². The Morgan fingerprint density at radius 1 is 1.29 bits per heavy atom. The van der Waals surface area contributed by atoms with Crippen molar-refractivity contribution in [2.45, 2.75) is 43.1 Å². The van der Waals surface area contributed by atoms with E-state index in [9.17, 15) is 5.11 Å². The molecule has 0 saturated carbocycles. The van der Waals surface area contributed by atoms with Crippen LogP contribution in [0.1, 0.15) is 32.4 Å². The summed E-state index contributed by atoms with van der Waals surface area (Å²) in [5, 5.41) is 13.6. The molecule has 0 saturated heterocycles. The van der Waals surface area contributed by atoms with E-state index >= 15 is 0 Å². The van der Waals surface area contributed by atoms with Crippen LogP contribution in [-0.2, 0) is 0 Å². The maximum Gasteiger partial charge on any atom is 0.0631 e. The second-order valence-corrected chi connectivity index (χ2v) is 6.12. The van der Waals surface area contributed by atoms with E-state index < -0.39 is 0 Å². The van der Waals surface area contributed by atoms with Gasteiger partial charge >= 0.3 is 0 Å². The Labute approximate surface area is 113 Å². The lowest BCUT2D eigenvalue weighted by Gasteiger charge is -2.16. The van der Waals surface area contributed by atoms with Crippen LogP contribution in [0, 0.1) is 0 Å². The molecule has 1 aromatic carbocycles. The minimum Gasteiger partial charge on any atom is -0.392 e. The lowest BCUT2D eigenvalue weighted by Crippen LogP contribution is -2.15. The maximum atomic E-state index is 9.47. The molecule has 3 unspecified atom stereocenters. The summed E-state index contributed by atoms with van der Waals surface area (Å²) in [6.07, 6.45) is -0.324. The predicted molar refractivity (Wildman–Crippen MR) is 75.9 cm³/mol. The highest BCUT2D eigenvalue weighted by Crippen LogP contribution is 2.31. The van der Waals surface area contributed by atoms with E-state index in [2.05, 4.69) is 18.3 Å². The molecule has 0 radical (unpaired) electrons. The monoisotopic (exact) mass is 273 g/mol. The van der Waals surface area contributed by atoms with Crippen molar-refractivity contribution in [1.29, 1.82) is 0 Å². The van der Waals surface area contributed by atoms with Gasteiger partial charge in [0.1, 0.15) is 0 Å². The molecule has 0 amide bonds. The number of nitrogens with one attached hydrogen (secondary N) is 1. The van der Waals surface area contributed by atoms with Gasteiger partial charge in [0.2, 0.25) is 0 Å². The molecule has 0 heterocycles. The smallest absolute Gasteiger partial charge is 0.0631 e. The second kappa shape index (κ2) is 6.64. The third-order valence-corrected chi connectivity index (χ3v) is 4.49. The summed E-state index contributed by atoms with van der Waals surface area (Å²) in [6, 6.07) is 6.31. The molecule has 0 fully saturated rings. The molecule has 0 aromatic heterocycles. The number of hydrogen-bond donors (Lipinski definition) is 2. The van der Waals surface area contributed by atoms with Crippen molar-refractivity contribution >= 4 is 23.4 Å². The first-order valence-corrected chi connectivity index (χ1v) is 7.03. The van der Waals surface area contributed by atoms with Crippen LogP contribution in [-0.4, -0.2) is 23.5 Å². The number of halogens is 1. The van der Waals surface area contributed by atoms with Gasteiger partial charge in [0.15, 0.2) is 0 Å². The standard InChI is InChI=1S/C13H20ClNOS/c1-8(15-4)12-6-5-11(7-13(12)14)17-10(3)9(2)16/h5-10,15-16H,1-4H3. The van der Waals surface area contributed by atoms with Gasteiger partial charge in [-0.1, -0.05) is 24.6 Å². The molecule has 17 heavy (non-hydrogen) atoms. The van der Waals surface area contributed by atoms with Gasteiger partial charge in [-0.3, -0.25) is 0 Å². The van der Waals surface area contributed by atoms with Crippen molar-refractivity contribution in [2.24, 2.45) is 0 Å². The molecule has 1 aromatic rings. The van der Waals surface area contributed by atoms with E-state index in [0.717, 1.165) is 15.5 Å². The van der Waals surface area contributed by atoms with E-state index in [0.29, 0.717) is 0 Å². The van der Waals surface area contributed by atoms with Crippen LogP contribution in [0.15, 0.2) is 23.1 Å². The Hall–Kier alpha value is -0.220. The van der Waals surface area contributed by atoms with E-state index in [1.54, 1.807) is 18.7 Å². The van der Waals surface area contributed by atoms with Crippen LogP contribution >= 0.6 is 23.4 Å². The Morgan fingerprint density at radius 3 is 2.41 bits per heavy atom. The minimum atomic E-state index is -0.324. The molecule has 3 atom stereocenters.